The number of amides is 1. The van der Waals surface area contributed by atoms with Crippen LogP contribution in [-0.4, -0.2) is 47.8 Å². The molecule has 0 aliphatic carbocycles. The SMILES string of the molecule is COc1cc(C=NNc2ccc(C(F)(F)F)cn2)ccc1OCC(=O)N1C(C)CCCC1C. The predicted octanol–water partition coefficient (Wildman–Crippen LogP) is 4.72. The van der Waals surface area contributed by atoms with E-state index in [1.165, 1.54) is 19.4 Å². The van der Waals surface area contributed by atoms with E-state index in [0.29, 0.717) is 17.1 Å². The van der Waals surface area contributed by atoms with Crippen LogP contribution in [0.1, 0.15) is 44.2 Å². The van der Waals surface area contributed by atoms with Gasteiger partial charge in [-0.3, -0.25) is 10.2 Å². The van der Waals surface area contributed by atoms with Gasteiger partial charge in [0.25, 0.3) is 5.91 Å². The van der Waals surface area contributed by atoms with E-state index < -0.39 is 11.7 Å². The molecule has 2 aromatic rings. The Morgan fingerprint density at radius 1 is 1.21 bits per heavy atom. The lowest BCUT2D eigenvalue weighted by Gasteiger charge is -2.39. The lowest BCUT2D eigenvalue weighted by Crippen LogP contribution is -2.49. The van der Waals surface area contributed by atoms with Crippen LogP contribution in [-0.2, 0) is 11.0 Å². The molecule has 1 aliphatic heterocycles. The van der Waals surface area contributed by atoms with Gasteiger partial charge in [-0.05, 0) is 69.0 Å². The van der Waals surface area contributed by atoms with E-state index in [1.54, 1.807) is 18.2 Å². The summed E-state index contributed by atoms with van der Waals surface area (Å²) in [5.41, 5.74) is 2.40. The highest BCUT2D eigenvalue weighted by molar-refractivity contribution is 5.82. The molecule has 1 amide bonds. The van der Waals surface area contributed by atoms with Gasteiger partial charge >= 0.3 is 6.18 Å². The van der Waals surface area contributed by atoms with Crippen molar-refractivity contribution in [1.29, 1.82) is 0 Å². The lowest BCUT2D eigenvalue weighted by molar-refractivity contribution is -0.139. The van der Waals surface area contributed by atoms with Gasteiger partial charge in [0, 0.05) is 18.3 Å². The molecule has 7 nitrogen and oxygen atoms in total. The molecule has 178 valence electrons. The van der Waals surface area contributed by atoms with Crippen LogP contribution in [0, 0.1) is 0 Å². The van der Waals surface area contributed by atoms with Crippen LogP contribution in [0.5, 0.6) is 11.5 Å². The Kier molecular flexibility index (Phi) is 7.78. The van der Waals surface area contributed by atoms with Gasteiger partial charge in [-0.15, -0.1) is 0 Å². The van der Waals surface area contributed by atoms with Crippen molar-refractivity contribution >= 4 is 17.9 Å². The molecule has 0 spiro atoms. The number of alkyl halides is 3. The fourth-order valence-electron chi connectivity index (χ4n) is 3.81. The van der Waals surface area contributed by atoms with Gasteiger partial charge in [0.2, 0.25) is 0 Å². The Morgan fingerprint density at radius 2 is 1.94 bits per heavy atom. The number of anilines is 1. The summed E-state index contributed by atoms with van der Waals surface area (Å²) in [6, 6.07) is 7.57. The van der Waals surface area contributed by atoms with E-state index in [9.17, 15) is 18.0 Å². The highest BCUT2D eigenvalue weighted by Crippen LogP contribution is 2.30. The quantitative estimate of drug-likeness (QED) is 0.474. The van der Waals surface area contributed by atoms with Crippen molar-refractivity contribution in [3.63, 3.8) is 0 Å². The van der Waals surface area contributed by atoms with Crippen molar-refractivity contribution in [1.82, 2.24) is 9.88 Å². The fourth-order valence-corrected chi connectivity index (χ4v) is 3.81. The molecule has 1 saturated heterocycles. The number of pyridine rings is 1. The van der Waals surface area contributed by atoms with Crippen molar-refractivity contribution in [2.75, 3.05) is 19.1 Å². The largest absolute Gasteiger partial charge is 0.493 e. The van der Waals surface area contributed by atoms with Gasteiger partial charge in [-0.25, -0.2) is 4.98 Å². The first-order valence-corrected chi connectivity index (χ1v) is 10.6. The average Bonchev–Trinajstić information content (AvgIpc) is 2.77. The summed E-state index contributed by atoms with van der Waals surface area (Å²) < 4.78 is 48.9. The number of hydrazone groups is 1. The monoisotopic (exact) mass is 464 g/mol. The van der Waals surface area contributed by atoms with Crippen LogP contribution in [0.2, 0.25) is 0 Å². The Labute approximate surface area is 190 Å². The number of likely N-dealkylation sites (tertiary alicyclic amines) is 1. The first-order valence-electron chi connectivity index (χ1n) is 10.6. The zero-order valence-corrected chi connectivity index (χ0v) is 18.7. The normalized spacial score (nSPS) is 18.9. The van der Waals surface area contributed by atoms with Gasteiger partial charge in [0.05, 0.1) is 18.9 Å². The third-order valence-corrected chi connectivity index (χ3v) is 5.50. The molecular weight excluding hydrogens is 437 g/mol. The third-order valence-electron chi connectivity index (χ3n) is 5.50. The summed E-state index contributed by atoms with van der Waals surface area (Å²) in [4.78, 5) is 18.2. The number of methoxy groups -OCH3 is 1. The number of carbonyl (C=O) groups is 1. The van der Waals surface area contributed by atoms with Crippen molar-refractivity contribution in [3.05, 3.63) is 47.7 Å². The lowest BCUT2D eigenvalue weighted by atomic mass is 9.97. The molecule has 10 heteroatoms. The molecular formula is C23H27F3N4O3. The summed E-state index contributed by atoms with van der Waals surface area (Å²) in [7, 11) is 1.49. The van der Waals surface area contributed by atoms with Gasteiger partial charge < -0.3 is 14.4 Å². The fraction of sp³-hybridized carbons (Fsp3) is 0.435. The van der Waals surface area contributed by atoms with Gasteiger partial charge in [-0.2, -0.15) is 18.3 Å². The molecule has 0 saturated carbocycles. The Bertz CT molecular complexity index is 970. The molecule has 1 aromatic heterocycles. The van der Waals surface area contributed by atoms with Crippen LogP contribution >= 0.6 is 0 Å². The number of carbonyl (C=O) groups excluding carboxylic acids is 1. The highest BCUT2D eigenvalue weighted by atomic mass is 19.4. The molecule has 2 atom stereocenters. The van der Waals surface area contributed by atoms with Gasteiger partial charge in [0.15, 0.2) is 18.1 Å². The minimum atomic E-state index is -4.44. The highest BCUT2D eigenvalue weighted by Gasteiger charge is 2.31. The minimum absolute atomic E-state index is 0.0596. The molecule has 3 rings (SSSR count). The van der Waals surface area contributed by atoms with Gasteiger partial charge in [-0.1, -0.05) is 0 Å². The van der Waals surface area contributed by atoms with Crippen LogP contribution in [0.25, 0.3) is 0 Å². The zero-order chi connectivity index (χ0) is 24.0. The van der Waals surface area contributed by atoms with Crippen molar-refractivity contribution in [2.24, 2.45) is 5.10 Å². The number of ether oxygens (including phenoxy) is 2. The minimum Gasteiger partial charge on any atom is -0.493 e. The van der Waals surface area contributed by atoms with E-state index in [4.69, 9.17) is 9.47 Å². The Balaban J connectivity index is 1.59. The van der Waals surface area contributed by atoms with Crippen molar-refractivity contribution in [3.8, 4) is 11.5 Å². The summed E-state index contributed by atoms with van der Waals surface area (Å²) in [5.74, 6) is 0.971. The summed E-state index contributed by atoms with van der Waals surface area (Å²) in [6.45, 7) is 4.02. The molecule has 1 N–H and O–H groups in total. The summed E-state index contributed by atoms with van der Waals surface area (Å²) in [6.07, 6.45) is 0.859. The second-order valence-electron chi connectivity index (χ2n) is 7.93. The number of nitrogens with zero attached hydrogens (tertiary/aromatic N) is 3. The molecule has 1 aromatic carbocycles. The summed E-state index contributed by atoms with van der Waals surface area (Å²) in [5, 5.41) is 3.98. The third kappa shape index (κ3) is 6.36. The maximum absolute atomic E-state index is 12.7. The second-order valence-corrected chi connectivity index (χ2v) is 7.93. The number of aromatic nitrogens is 1. The first kappa shape index (κ1) is 24.3. The van der Waals surface area contributed by atoms with Gasteiger partial charge in [0.1, 0.15) is 5.82 Å². The van der Waals surface area contributed by atoms with E-state index in [1.807, 2.05) is 4.90 Å². The Morgan fingerprint density at radius 3 is 2.55 bits per heavy atom. The molecule has 33 heavy (non-hydrogen) atoms. The number of nitrogens with one attached hydrogen (secondary N) is 1. The van der Waals surface area contributed by atoms with Crippen LogP contribution in [0.15, 0.2) is 41.6 Å². The number of rotatable bonds is 7. The van der Waals surface area contributed by atoms with Crippen molar-refractivity contribution < 1.29 is 27.4 Å². The second kappa shape index (κ2) is 10.5. The average molecular weight is 464 g/mol. The topological polar surface area (TPSA) is 76.0 Å². The van der Waals surface area contributed by atoms with E-state index in [-0.39, 0.29) is 30.4 Å². The van der Waals surface area contributed by atoms with Crippen LogP contribution < -0.4 is 14.9 Å². The molecule has 1 fully saturated rings. The molecule has 1 aliphatic rings. The standard InChI is InChI=1S/C23H27F3N4O3/c1-15-5-4-6-16(2)30(15)22(31)14-33-19-9-7-17(11-20(19)32-3)12-28-29-21-10-8-18(13-27-21)23(24,25)26/h7-13,15-16H,4-6,14H2,1-3H3,(H,27,29). The number of piperidine rings is 1. The molecule has 0 bridgehead atoms. The van der Waals surface area contributed by atoms with E-state index >= 15 is 0 Å². The predicted molar refractivity (Wildman–Crippen MR) is 119 cm³/mol. The molecule has 0 radical (unpaired) electrons. The molecule has 2 heterocycles. The number of hydrogen-bond acceptors (Lipinski definition) is 6. The maximum Gasteiger partial charge on any atom is 0.417 e. The first-order chi connectivity index (χ1) is 15.7. The number of hydrogen-bond donors (Lipinski definition) is 1. The zero-order valence-electron chi connectivity index (χ0n) is 18.7. The summed E-state index contributed by atoms with van der Waals surface area (Å²) >= 11 is 0. The van der Waals surface area contributed by atoms with Crippen LogP contribution in [0.3, 0.4) is 0 Å². The Hall–Kier alpha value is -3.30. The number of halogens is 3. The van der Waals surface area contributed by atoms with E-state index in [0.717, 1.165) is 31.5 Å². The van der Waals surface area contributed by atoms with E-state index in [2.05, 4.69) is 29.4 Å². The maximum atomic E-state index is 12.7. The smallest absolute Gasteiger partial charge is 0.417 e. The molecule has 2 unspecified atom stereocenters. The van der Waals surface area contributed by atoms with Crippen molar-refractivity contribution in [2.45, 2.75) is 51.4 Å². The van der Waals surface area contributed by atoms with Crippen LogP contribution in [0.4, 0.5) is 19.0 Å². The number of benzene rings is 1.